The van der Waals surface area contributed by atoms with Crippen LogP contribution in [0.3, 0.4) is 0 Å². The Kier molecular flexibility index (Phi) is 4.21. The summed E-state index contributed by atoms with van der Waals surface area (Å²) < 4.78 is 26.9. The molecule has 6 heteroatoms. The smallest absolute Gasteiger partial charge is 0.223 e. The largest absolute Gasteiger partial charge is 0.383 e. The number of rotatable bonds is 5. The summed E-state index contributed by atoms with van der Waals surface area (Å²) in [6.07, 6.45) is 0.493. The number of hydrogen-bond acceptors (Lipinski definition) is 3. The zero-order valence-electron chi connectivity index (χ0n) is 12.6. The van der Waals surface area contributed by atoms with E-state index in [1.165, 1.54) is 11.3 Å². The maximum Gasteiger partial charge on any atom is 0.223 e. The molecule has 1 saturated carbocycles. The highest BCUT2D eigenvalue weighted by Gasteiger charge is 2.45. The molecule has 1 aromatic carbocycles. The molecule has 1 heterocycles. The Labute approximate surface area is 137 Å². The summed E-state index contributed by atoms with van der Waals surface area (Å²) >= 11 is 1.41. The third kappa shape index (κ3) is 3.43. The molecule has 2 N–H and O–H groups in total. The Morgan fingerprint density at radius 3 is 2.91 bits per heavy atom. The van der Waals surface area contributed by atoms with Gasteiger partial charge in [0, 0.05) is 10.8 Å². The van der Waals surface area contributed by atoms with Crippen LogP contribution in [0.5, 0.6) is 0 Å². The van der Waals surface area contributed by atoms with Crippen molar-refractivity contribution in [2.75, 3.05) is 6.54 Å². The molecule has 3 rings (SSSR count). The van der Waals surface area contributed by atoms with Crippen molar-refractivity contribution in [3.05, 3.63) is 57.8 Å². The average Bonchev–Trinajstić information content (AvgIpc) is 3.09. The lowest BCUT2D eigenvalue weighted by Gasteiger charge is -2.22. The zero-order valence-corrected chi connectivity index (χ0v) is 13.4. The second-order valence-electron chi connectivity index (χ2n) is 6.08. The van der Waals surface area contributed by atoms with Crippen LogP contribution >= 0.6 is 11.3 Å². The number of aliphatic hydroxyl groups is 1. The molecular formula is C17H17F2NO2S. The van der Waals surface area contributed by atoms with E-state index in [-0.39, 0.29) is 29.9 Å². The number of amides is 1. The normalized spacial score (nSPS) is 22.4. The predicted molar refractivity (Wildman–Crippen MR) is 84.1 cm³/mol. The molecule has 0 saturated heterocycles. The minimum absolute atomic E-state index is 0.0845. The van der Waals surface area contributed by atoms with Crippen LogP contribution in [-0.2, 0) is 10.4 Å². The molecule has 3 unspecified atom stereocenters. The highest BCUT2D eigenvalue weighted by molar-refractivity contribution is 7.10. The molecule has 1 aromatic heterocycles. The lowest BCUT2D eigenvalue weighted by atomic mass is 10.0. The van der Waals surface area contributed by atoms with Gasteiger partial charge >= 0.3 is 0 Å². The number of halogens is 2. The first kappa shape index (κ1) is 16.1. The van der Waals surface area contributed by atoms with Crippen molar-refractivity contribution in [2.45, 2.75) is 24.9 Å². The molecule has 3 nitrogen and oxygen atoms in total. The van der Waals surface area contributed by atoms with Gasteiger partial charge in [-0.2, -0.15) is 0 Å². The van der Waals surface area contributed by atoms with E-state index in [0.717, 1.165) is 23.1 Å². The quantitative estimate of drug-likeness (QED) is 0.880. The number of hydrogen-bond donors (Lipinski definition) is 2. The summed E-state index contributed by atoms with van der Waals surface area (Å²) in [6, 6.07) is 6.93. The second-order valence-corrected chi connectivity index (χ2v) is 7.03. The van der Waals surface area contributed by atoms with E-state index in [1.54, 1.807) is 13.0 Å². The van der Waals surface area contributed by atoms with Gasteiger partial charge in [-0.3, -0.25) is 4.79 Å². The second kappa shape index (κ2) is 6.02. The first-order chi connectivity index (χ1) is 10.9. The SMILES string of the molecule is CC(O)(CNC(=O)C1CC1c1cc(F)ccc1F)c1cccs1. The van der Waals surface area contributed by atoms with Crippen molar-refractivity contribution in [3.8, 4) is 0 Å². The summed E-state index contributed by atoms with van der Waals surface area (Å²) in [5, 5.41) is 14.9. The number of carbonyl (C=O) groups is 1. The molecule has 1 aliphatic rings. The van der Waals surface area contributed by atoms with E-state index < -0.39 is 17.2 Å². The molecule has 0 radical (unpaired) electrons. The molecule has 1 aliphatic carbocycles. The fourth-order valence-corrected chi connectivity index (χ4v) is 3.48. The van der Waals surface area contributed by atoms with Crippen molar-refractivity contribution in [1.29, 1.82) is 0 Å². The lowest BCUT2D eigenvalue weighted by molar-refractivity contribution is -0.123. The van der Waals surface area contributed by atoms with Gasteiger partial charge in [-0.05, 0) is 54.5 Å². The Morgan fingerprint density at radius 1 is 1.43 bits per heavy atom. The molecule has 1 fully saturated rings. The first-order valence-electron chi connectivity index (χ1n) is 7.37. The Hall–Kier alpha value is -1.79. The van der Waals surface area contributed by atoms with Gasteiger partial charge in [-0.15, -0.1) is 11.3 Å². The van der Waals surface area contributed by atoms with Gasteiger partial charge in [-0.25, -0.2) is 8.78 Å². The van der Waals surface area contributed by atoms with Gasteiger partial charge in [-0.1, -0.05) is 6.07 Å². The first-order valence-corrected chi connectivity index (χ1v) is 8.25. The Balaban J connectivity index is 1.60. The number of benzene rings is 1. The van der Waals surface area contributed by atoms with Gasteiger partial charge < -0.3 is 10.4 Å². The third-order valence-electron chi connectivity index (χ3n) is 4.14. The van der Waals surface area contributed by atoms with E-state index >= 15 is 0 Å². The summed E-state index contributed by atoms with van der Waals surface area (Å²) in [6.45, 7) is 1.72. The fraction of sp³-hybridized carbons (Fsp3) is 0.353. The molecule has 0 aliphatic heterocycles. The maximum atomic E-state index is 13.7. The number of thiophene rings is 1. The van der Waals surface area contributed by atoms with Gasteiger partial charge in [0.25, 0.3) is 0 Å². The van der Waals surface area contributed by atoms with Gasteiger partial charge in [0.05, 0.1) is 6.54 Å². The van der Waals surface area contributed by atoms with E-state index in [4.69, 9.17) is 0 Å². The topological polar surface area (TPSA) is 49.3 Å². The summed E-state index contributed by atoms with van der Waals surface area (Å²) in [7, 11) is 0. The summed E-state index contributed by atoms with van der Waals surface area (Å²) in [5.41, 5.74) is -0.895. The van der Waals surface area contributed by atoms with E-state index in [2.05, 4.69) is 5.32 Å². The van der Waals surface area contributed by atoms with Crippen LogP contribution in [0.25, 0.3) is 0 Å². The van der Waals surface area contributed by atoms with Crippen molar-refractivity contribution >= 4 is 17.2 Å². The van der Waals surface area contributed by atoms with Gasteiger partial charge in [0.2, 0.25) is 5.91 Å². The minimum atomic E-state index is -1.14. The average molecular weight is 337 g/mol. The van der Waals surface area contributed by atoms with Crippen LogP contribution in [0.2, 0.25) is 0 Å². The Morgan fingerprint density at radius 2 is 2.22 bits per heavy atom. The Bertz CT molecular complexity index is 715. The van der Waals surface area contributed by atoms with E-state index in [0.29, 0.717) is 6.42 Å². The highest BCUT2D eigenvalue weighted by atomic mass is 32.1. The zero-order chi connectivity index (χ0) is 16.6. The molecule has 122 valence electrons. The lowest BCUT2D eigenvalue weighted by Crippen LogP contribution is -2.38. The van der Waals surface area contributed by atoms with Crippen molar-refractivity contribution in [1.82, 2.24) is 5.32 Å². The van der Waals surface area contributed by atoms with Crippen LogP contribution in [0, 0.1) is 17.6 Å². The minimum Gasteiger partial charge on any atom is -0.383 e. The van der Waals surface area contributed by atoms with Crippen LogP contribution in [0.4, 0.5) is 8.78 Å². The van der Waals surface area contributed by atoms with E-state index in [9.17, 15) is 18.7 Å². The van der Waals surface area contributed by atoms with Gasteiger partial charge in [0.1, 0.15) is 17.2 Å². The standard InChI is InChI=1S/C17H17F2NO2S/c1-17(22,15-3-2-6-23-15)9-20-16(21)13-8-11(13)12-7-10(18)4-5-14(12)19/h2-7,11,13,22H,8-9H2,1H3,(H,20,21). The van der Waals surface area contributed by atoms with E-state index in [1.807, 2.05) is 11.4 Å². The van der Waals surface area contributed by atoms with Crippen LogP contribution in [-0.4, -0.2) is 17.6 Å². The number of nitrogens with one attached hydrogen (secondary N) is 1. The fourth-order valence-electron chi connectivity index (χ4n) is 2.69. The van der Waals surface area contributed by atoms with Crippen LogP contribution < -0.4 is 5.32 Å². The molecule has 1 amide bonds. The molecule has 3 atom stereocenters. The van der Waals surface area contributed by atoms with Crippen molar-refractivity contribution in [2.24, 2.45) is 5.92 Å². The molecule has 0 bridgehead atoms. The molecular weight excluding hydrogens is 320 g/mol. The van der Waals surface area contributed by atoms with Crippen LogP contribution in [0.1, 0.15) is 29.7 Å². The molecule has 0 spiro atoms. The maximum absolute atomic E-state index is 13.7. The summed E-state index contributed by atoms with van der Waals surface area (Å²) in [5.74, 6) is -1.90. The molecule has 2 aromatic rings. The third-order valence-corrected chi connectivity index (χ3v) is 5.27. The van der Waals surface area contributed by atoms with Crippen molar-refractivity contribution < 1.29 is 18.7 Å². The van der Waals surface area contributed by atoms with Crippen molar-refractivity contribution in [3.63, 3.8) is 0 Å². The predicted octanol–water partition coefficient (Wildman–Crippen LogP) is 3.15. The summed E-state index contributed by atoms with van der Waals surface area (Å²) in [4.78, 5) is 12.9. The highest BCUT2D eigenvalue weighted by Crippen LogP contribution is 2.48. The number of carbonyl (C=O) groups excluding carboxylic acids is 1. The van der Waals surface area contributed by atoms with Crippen LogP contribution in [0.15, 0.2) is 35.7 Å². The molecule has 23 heavy (non-hydrogen) atoms. The monoisotopic (exact) mass is 337 g/mol. The van der Waals surface area contributed by atoms with Gasteiger partial charge in [0.15, 0.2) is 0 Å².